The average Bonchev–Trinajstić information content (AvgIpc) is 2.35. The quantitative estimate of drug-likeness (QED) is 0.862. The molecule has 1 rings (SSSR count). The van der Waals surface area contributed by atoms with Gasteiger partial charge in [0, 0.05) is 12.7 Å². The van der Waals surface area contributed by atoms with Crippen molar-refractivity contribution in [2.75, 3.05) is 7.11 Å². The fourth-order valence-corrected chi connectivity index (χ4v) is 2.14. The van der Waals surface area contributed by atoms with Crippen molar-refractivity contribution in [2.24, 2.45) is 5.73 Å². The summed E-state index contributed by atoms with van der Waals surface area (Å²) in [6.07, 6.45) is 1.27. The highest BCUT2D eigenvalue weighted by Crippen LogP contribution is 2.34. The molecule has 2 nitrogen and oxygen atoms in total. The second kappa shape index (κ2) is 5.56. The van der Waals surface area contributed by atoms with Gasteiger partial charge in [0.05, 0.1) is 11.6 Å². The molecule has 0 aromatic heterocycles. The Morgan fingerprint density at radius 2 is 1.88 bits per heavy atom. The lowest BCUT2D eigenvalue weighted by molar-refractivity contribution is -0.0393. The van der Waals surface area contributed by atoms with Crippen LogP contribution in [0.2, 0.25) is 0 Å². The summed E-state index contributed by atoms with van der Waals surface area (Å²) in [7, 11) is 1.55. The fourth-order valence-electron chi connectivity index (χ4n) is 2.14. The third-order valence-electron chi connectivity index (χ3n) is 3.46. The Kier molecular flexibility index (Phi) is 4.60. The van der Waals surface area contributed by atoms with E-state index in [2.05, 4.69) is 0 Å². The lowest BCUT2D eigenvalue weighted by Gasteiger charge is -2.36. The highest BCUT2D eigenvalue weighted by molar-refractivity contribution is 5.25. The van der Waals surface area contributed by atoms with Gasteiger partial charge in [-0.15, -0.1) is 0 Å². The minimum Gasteiger partial charge on any atom is -0.376 e. The van der Waals surface area contributed by atoms with Gasteiger partial charge < -0.3 is 10.5 Å². The van der Waals surface area contributed by atoms with Crippen molar-refractivity contribution in [1.82, 2.24) is 0 Å². The predicted molar refractivity (Wildman–Crippen MR) is 63.6 cm³/mol. The highest BCUT2D eigenvalue weighted by atomic mass is 19.1. The molecule has 0 radical (unpaired) electrons. The van der Waals surface area contributed by atoms with Gasteiger partial charge >= 0.3 is 0 Å². The lowest BCUT2D eigenvalue weighted by atomic mass is 9.84. The second-order valence-electron chi connectivity index (χ2n) is 4.12. The van der Waals surface area contributed by atoms with Crippen LogP contribution in [-0.4, -0.2) is 12.7 Å². The smallest absolute Gasteiger partial charge is 0.128 e. The first-order valence-corrected chi connectivity index (χ1v) is 5.76. The molecule has 1 unspecified atom stereocenters. The predicted octanol–water partition coefficient (Wildman–Crippen LogP) is 3.17. The molecule has 0 heterocycles. The Hall–Kier alpha value is -1.00. The zero-order valence-electron chi connectivity index (χ0n) is 10.5. The number of rotatable bonds is 5. The Bertz CT molecular complexity index is 369. The van der Waals surface area contributed by atoms with Crippen molar-refractivity contribution < 1.29 is 13.5 Å². The van der Waals surface area contributed by atoms with Crippen molar-refractivity contribution in [2.45, 2.75) is 38.3 Å². The average molecular weight is 243 g/mol. The molecule has 0 aliphatic carbocycles. The summed E-state index contributed by atoms with van der Waals surface area (Å²) < 4.78 is 32.2. The molecule has 2 N–H and O–H groups in total. The molecule has 0 aliphatic heterocycles. The molecule has 1 aromatic rings. The summed E-state index contributed by atoms with van der Waals surface area (Å²) in [6, 6.07) is 2.63. The normalized spacial score (nSPS) is 13.8. The first-order valence-electron chi connectivity index (χ1n) is 5.76. The maximum absolute atomic E-state index is 13.7. The maximum atomic E-state index is 13.7. The molecular weight excluding hydrogens is 224 g/mol. The molecule has 0 spiro atoms. The molecule has 0 bridgehead atoms. The summed E-state index contributed by atoms with van der Waals surface area (Å²) >= 11 is 0. The van der Waals surface area contributed by atoms with Gasteiger partial charge in [0.2, 0.25) is 0 Å². The van der Waals surface area contributed by atoms with E-state index in [0.29, 0.717) is 12.8 Å². The highest BCUT2D eigenvalue weighted by Gasteiger charge is 2.35. The van der Waals surface area contributed by atoms with Crippen LogP contribution in [0.4, 0.5) is 8.78 Å². The maximum Gasteiger partial charge on any atom is 0.128 e. The van der Waals surface area contributed by atoms with E-state index in [4.69, 9.17) is 10.5 Å². The van der Waals surface area contributed by atoms with E-state index >= 15 is 0 Å². The van der Waals surface area contributed by atoms with Crippen LogP contribution >= 0.6 is 0 Å². The van der Waals surface area contributed by atoms with Crippen molar-refractivity contribution in [3.05, 3.63) is 35.4 Å². The van der Waals surface area contributed by atoms with E-state index < -0.39 is 23.3 Å². The zero-order chi connectivity index (χ0) is 13.1. The number of halogens is 2. The summed E-state index contributed by atoms with van der Waals surface area (Å²) in [5.41, 5.74) is 5.55. The van der Waals surface area contributed by atoms with E-state index in [1.807, 2.05) is 13.8 Å². The van der Waals surface area contributed by atoms with Gasteiger partial charge in [-0.25, -0.2) is 8.78 Å². The molecule has 96 valence electrons. The lowest BCUT2D eigenvalue weighted by Crippen LogP contribution is -2.42. The Morgan fingerprint density at radius 3 is 2.35 bits per heavy atom. The van der Waals surface area contributed by atoms with E-state index in [-0.39, 0.29) is 5.56 Å². The minimum absolute atomic E-state index is 0.163. The monoisotopic (exact) mass is 243 g/mol. The Balaban J connectivity index is 3.17. The van der Waals surface area contributed by atoms with Crippen molar-refractivity contribution in [3.63, 3.8) is 0 Å². The molecule has 0 saturated heterocycles. The molecular formula is C13H19F2NO. The van der Waals surface area contributed by atoms with Gasteiger partial charge in [0.1, 0.15) is 11.6 Å². The van der Waals surface area contributed by atoms with Crippen LogP contribution in [0.25, 0.3) is 0 Å². The number of benzene rings is 1. The van der Waals surface area contributed by atoms with Crippen LogP contribution in [0.1, 0.15) is 38.3 Å². The van der Waals surface area contributed by atoms with Crippen LogP contribution in [0.5, 0.6) is 0 Å². The second-order valence-corrected chi connectivity index (χ2v) is 4.12. The van der Waals surface area contributed by atoms with E-state index in [1.165, 1.54) is 0 Å². The Morgan fingerprint density at radius 1 is 1.29 bits per heavy atom. The van der Waals surface area contributed by atoms with E-state index in [1.54, 1.807) is 7.11 Å². The molecule has 17 heavy (non-hydrogen) atoms. The Labute approximate surface area is 101 Å². The third-order valence-corrected chi connectivity index (χ3v) is 3.46. The van der Waals surface area contributed by atoms with Gasteiger partial charge in [-0.3, -0.25) is 0 Å². The summed E-state index contributed by atoms with van der Waals surface area (Å²) in [4.78, 5) is 0. The van der Waals surface area contributed by atoms with Crippen LogP contribution in [0.3, 0.4) is 0 Å². The van der Waals surface area contributed by atoms with Crippen molar-refractivity contribution in [1.29, 1.82) is 0 Å². The zero-order valence-corrected chi connectivity index (χ0v) is 10.5. The standard InChI is InChI=1S/C13H19F2NO/c1-4-13(5-2,17-3)12(16)10-8-9(14)6-7-11(10)15/h6-8,12H,4-5,16H2,1-3H3. The van der Waals surface area contributed by atoms with E-state index in [9.17, 15) is 8.78 Å². The molecule has 0 saturated carbocycles. The molecule has 1 aromatic carbocycles. The van der Waals surface area contributed by atoms with Crippen molar-refractivity contribution >= 4 is 0 Å². The van der Waals surface area contributed by atoms with Crippen molar-refractivity contribution in [3.8, 4) is 0 Å². The number of nitrogens with two attached hydrogens (primary N) is 1. The molecule has 1 atom stereocenters. The number of hydrogen-bond donors (Lipinski definition) is 1. The van der Waals surface area contributed by atoms with Crippen LogP contribution in [-0.2, 0) is 4.74 Å². The van der Waals surface area contributed by atoms with Gasteiger partial charge in [0.25, 0.3) is 0 Å². The minimum atomic E-state index is -0.682. The fraction of sp³-hybridized carbons (Fsp3) is 0.538. The first-order chi connectivity index (χ1) is 8.00. The van der Waals surface area contributed by atoms with Crippen LogP contribution < -0.4 is 5.73 Å². The number of ether oxygens (including phenoxy) is 1. The van der Waals surface area contributed by atoms with Crippen LogP contribution in [0, 0.1) is 11.6 Å². The summed E-state index contributed by atoms with van der Waals surface area (Å²) in [5, 5.41) is 0. The molecule has 0 fully saturated rings. The first kappa shape index (κ1) is 14.1. The molecule has 4 heteroatoms. The van der Waals surface area contributed by atoms with Gasteiger partial charge in [-0.05, 0) is 31.0 Å². The summed E-state index contributed by atoms with van der Waals surface area (Å²) in [6.45, 7) is 3.84. The van der Waals surface area contributed by atoms with E-state index in [0.717, 1.165) is 18.2 Å². The molecule has 0 amide bonds. The third kappa shape index (κ3) is 2.64. The molecule has 0 aliphatic rings. The number of methoxy groups -OCH3 is 1. The van der Waals surface area contributed by atoms with Gasteiger partial charge in [0.15, 0.2) is 0 Å². The van der Waals surface area contributed by atoms with Crippen LogP contribution in [0.15, 0.2) is 18.2 Å². The number of hydrogen-bond acceptors (Lipinski definition) is 2. The topological polar surface area (TPSA) is 35.2 Å². The van der Waals surface area contributed by atoms with Gasteiger partial charge in [-0.2, -0.15) is 0 Å². The summed E-state index contributed by atoms with van der Waals surface area (Å²) in [5.74, 6) is -0.990. The van der Waals surface area contributed by atoms with Gasteiger partial charge in [-0.1, -0.05) is 13.8 Å². The largest absolute Gasteiger partial charge is 0.376 e. The SMILES string of the molecule is CCC(CC)(OC)C(N)c1cc(F)ccc1F.